The first-order valence-electron chi connectivity index (χ1n) is 20.5. The minimum absolute atomic E-state index is 0.177. The summed E-state index contributed by atoms with van der Waals surface area (Å²) < 4.78 is 48.0. The van der Waals surface area contributed by atoms with Gasteiger partial charge in [0.1, 0.15) is 11.2 Å². The second-order valence-corrected chi connectivity index (χ2v) is 13.4. The van der Waals surface area contributed by atoms with Crippen molar-refractivity contribution in [2.24, 2.45) is 0 Å². The monoisotopic (exact) mass is 694 g/mol. The molecule has 0 spiro atoms. The van der Waals surface area contributed by atoms with Crippen molar-refractivity contribution in [2.75, 3.05) is 4.90 Å². The number of hydrogen-bond donors (Lipinski definition) is 0. The Morgan fingerprint density at radius 2 is 0.907 bits per heavy atom. The maximum absolute atomic E-state index is 8.54. The Kier molecular flexibility index (Phi) is 6.61. The van der Waals surface area contributed by atoms with Crippen LogP contribution in [0.1, 0.15) is 6.85 Å². The highest BCUT2D eigenvalue weighted by Crippen LogP contribution is 2.40. The van der Waals surface area contributed by atoms with E-state index in [-0.39, 0.29) is 29.7 Å². The number of rotatable bonds is 7. The topological polar surface area (TPSA) is 16.4 Å². The zero-order valence-electron chi connectivity index (χ0n) is 34.2. The molecule has 10 aromatic rings. The van der Waals surface area contributed by atoms with Gasteiger partial charge in [-0.1, -0.05) is 164 Å². The smallest absolute Gasteiger partial charge is 0.143 e. The van der Waals surface area contributed by atoms with Crippen molar-refractivity contribution in [3.8, 4) is 44.5 Å². The number of para-hydroxylation sites is 1. The minimum Gasteiger partial charge on any atom is -0.455 e. The molecule has 2 heteroatoms. The molecule has 0 amide bonds. The lowest BCUT2D eigenvalue weighted by atomic mass is 9.98. The van der Waals surface area contributed by atoms with Crippen LogP contribution >= 0.6 is 0 Å². The van der Waals surface area contributed by atoms with E-state index in [1.54, 1.807) is 0 Å². The Morgan fingerprint density at radius 3 is 1.63 bits per heavy atom. The Balaban J connectivity index is 1.04. The van der Waals surface area contributed by atoms with Gasteiger partial charge >= 0.3 is 0 Å². The van der Waals surface area contributed by atoms with E-state index in [2.05, 4.69) is 138 Å². The number of anilines is 3. The molecular formula is C52H35NO. The van der Waals surface area contributed by atoms with Gasteiger partial charge in [-0.2, -0.15) is 0 Å². The zero-order chi connectivity index (χ0) is 40.2. The molecule has 0 radical (unpaired) electrons. The molecule has 1 heterocycles. The van der Waals surface area contributed by atoms with E-state index < -0.39 is 6.04 Å². The third kappa shape index (κ3) is 5.71. The molecule has 0 fully saturated rings. The largest absolute Gasteiger partial charge is 0.455 e. The Hall–Kier alpha value is -7.16. The summed E-state index contributed by atoms with van der Waals surface area (Å²) in [5.41, 5.74) is 11.8. The summed E-state index contributed by atoms with van der Waals surface area (Å²) in [6, 6.07) is 60.7. The van der Waals surface area contributed by atoms with Crippen LogP contribution in [-0.2, 0) is 0 Å². The zero-order valence-corrected chi connectivity index (χ0v) is 29.2. The molecule has 9 aromatic carbocycles. The van der Waals surface area contributed by atoms with Crippen LogP contribution in [0.25, 0.3) is 77.2 Å². The summed E-state index contributed by atoms with van der Waals surface area (Å²) in [5.74, 6) is 0. The SMILES string of the molecule is [2H]c1c([2H])c([2H])c(-c2ccc(N(c3ccc(-c4ccc5oc6c(-c7ccccc7)cccc6c5c4)cc3)c3ccc(-c4cccc5ccccc45)cc3)cc2)c([2H])c1[2H]. The summed E-state index contributed by atoms with van der Waals surface area (Å²) in [5, 5.41) is 4.51. The Labute approximate surface area is 321 Å². The van der Waals surface area contributed by atoms with Crippen LogP contribution in [0, 0.1) is 0 Å². The van der Waals surface area contributed by atoms with Crippen molar-refractivity contribution < 1.29 is 11.3 Å². The first-order chi connectivity index (χ1) is 28.8. The van der Waals surface area contributed by atoms with Gasteiger partial charge in [0, 0.05) is 33.4 Å². The van der Waals surface area contributed by atoms with Crippen LogP contribution in [0.15, 0.2) is 217 Å². The van der Waals surface area contributed by atoms with Crippen LogP contribution in [0.2, 0.25) is 0 Å². The summed E-state index contributed by atoms with van der Waals surface area (Å²) >= 11 is 0. The van der Waals surface area contributed by atoms with Crippen molar-refractivity contribution in [2.45, 2.75) is 0 Å². The van der Waals surface area contributed by atoms with E-state index in [9.17, 15) is 0 Å². The maximum Gasteiger partial charge on any atom is 0.143 e. The fraction of sp³-hybridized carbons (Fsp3) is 0. The van der Waals surface area contributed by atoms with Crippen molar-refractivity contribution in [3.05, 3.63) is 212 Å². The molecule has 0 saturated heterocycles. The van der Waals surface area contributed by atoms with E-state index in [4.69, 9.17) is 11.3 Å². The van der Waals surface area contributed by atoms with E-state index in [0.717, 1.165) is 72.4 Å². The molecule has 0 bridgehead atoms. The molecule has 54 heavy (non-hydrogen) atoms. The highest BCUT2D eigenvalue weighted by atomic mass is 16.3. The summed E-state index contributed by atoms with van der Waals surface area (Å²) in [7, 11) is 0. The van der Waals surface area contributed by atoms with Gasteiger partial charge in [-0.05, 0) is 98.2 Å². The second-order valence-electron chi connectivity index (χ2n) is 13.4. The van der Waals surface area contributed by atoms with Crippen molar-refractivity contribution in [3.63, 3.8) is 0 Å². The lowest BCUT2D eigenvalue weighted by Crippen LogP contribution is -2.09. The van der Waals surface area contributed by atoms with Crippen molar-refractivity contribution in [1.82, 2.24) is 0 Å². The van der Waals surface area contributed by atoms with E-state index in [0.29, 0.717) is 5.56 Å². The van der Waals surface area contributed by atoms with Crippen LogP contribution in [0.3, 0.4) is 0 Å². The van der Waals surface area contributed by atoms with Crippen LogP contribution in [0.5, 0.6) is 0 Å². The predicted molar refractivity (Wildman–Crippen MR) is 228 cm³/mol. The molecule has 0 atom stereocenters. The summed E-state index contributed by atoms with van der Waals surface area (Å²) in [6.07, 6.45) is 0. The van der Waals surface area contributed by atoms with Gasteiger partial charge in [-0.25, -0.2) is 0 Å². The van der Waals surface area contributed by atoms with Crippen molar-refractivity contribution in [1.29, 1.82) is 0 Å². The highest BCUT2D eigenvalue weighted by molar-refractivity contribution is 6.10. The Bertz CT molecular complexity index is 3160. The molecule has 2 nitrogen and oxygen atoms in total. The molecule has 0 unspecified atom stereocenters. The number of benzene rings is 9. The third-order valence-corrected chi connectivity index (χ3v) is 10.2. The van der Waals surface area contributed by atoms with E-state index in [1.165, 1.54) is 10.8 Å². The minimum atomic E-state index is -0.405. The third-order valence-electron chi connectivity index (χ3n) is 10.2. The Morgan fingerprint density at radius 1 is 0.370 bits per heavy atom. The maximum atomic E-state index is 8.54. The number of hydrogen-bond acceptors (Lipinski definition) is 2. The summed E-state index contributed by atoms with van der Waals surface area (Å²) in [6.45, 7) is 0. The fourth-order valence-corrected chi connectivity index (χ4v) is 7.51. The predicted octanol–water partition coefficient (Wildman–Crippen LogP) is 14.9. The van der Waals surface area contributed by atoms with E-state index in [1.807, 2.05) is 48.5 Å². The quantitative estimate of drug-likeness (QED) is 0.165. The summed E-state index contributed by atoms with van der Waals surface area (Å²) in [4.78, 5) is 2.17. The number of fused-ring (bicyclic) bond motifs is 4. The van der Waals surface area contributed by atoms with Gasteiger partial charge in [0.2, 0.25) is 0 Å². The van der Waals surface area contributed by atoms with Gasteiger partial charge < -0.3 is 9.32 Å². The molecular weight excluding hydrogens is 655 g/mol. The standard InChI is InChI=1S/C52H35NO/c1-3-11-36(12-4-1)37-21-28-43(29-22-37)53(45-32-25-41(26-33-45)47-18-9-16-39-15-7-8-17-46(39)47)44-30-23-38(24-31-44)42-27-34-51-50(35-42)49-20-10-19-48(52(49)54-51)40-13-5-2-6-14-40/h1-35H/i1D,3D,4D,11D,12D. The van der Waals surface area contributed by atoms with Crippen LogP contribution < -0.4 is 4.90 Å². The van der Waals surface area contributed by atoms with Gasteiger partial charge in [-0.3, -0.25) is 0 Å². The molecule has 1 aromatic heterocycles. The van der Waals surface area contributed by atoms with Crippen LogP contribution in [0.4, 0.5) is 17.1 Å². The average molecular weight is 695 g/mol. The van der Waals surface area contributed by atoms with Gasteiger partial charge in [0.05, 0.1) is 6.85 Å². The van der Waals surface area contributed by atoms with Crippen LogP contribution in [-0.4, -0.2) is 0 Å². The second kappa shape index (κ2) is 13.4. The normalized spacial score (nSPS) is 12.6. The molecule has 0 aliphatic rings. The van der Waals surface area contributed by atoms with Crippen molar-refractivity contribution >= 4 is 49.8 Å². The average Bonchev–Trinajstić information content (AvgIpc) is 3.67. The molecule has 0 aliphatic heterocycles. The molecule has 254 valence electrons. The molecule has 0 N–H and O–H groups in total. The number of furan rings is 1. The number of nitrogens with zero attached hydrogens (tertiary/aromatic N) is 1. The van der Waals surface area contributed by atoms with Gasteiger partial charge in [0.15, 0.2) is 0 Å². The fourth-order valence-electron chi connectivity index (χ4n) is 7.51. The first kappa shape index (κ1) is 26.6. The lowest BCUT2D eigenvalue weighted by molar-refractivity contribution is 0.670. The lowest BCUT2D eigenvalue weighted by Gasteiger charge is -2.26. The molecule has 0 aliphatic carbocycles. The highest BCUT2D eigenvalue weighted by Gasteiger charge is 2.16. The molecule has 10 rings (SSSR count). The first-order valence-corrected chi connectivity index (χ1v) is 18.0. The van der Waals surface area contributed by atoms with E-state index >= 15 is 0 Å². The van der Waals surface area contributed by atoms with Gasteiger partial charge in [0.25, 0.3) is 0 Å². The van der Waals surface area contributed by atoms with Gasteiger partial charge in [-0.15, -0.1) is 0 Å². The molecule has 0 saturated carbocycles.